The summed E-state index contributed by atoms with van der Waals surface area (Å²) < 4.78 is 0. The molecule has 1 saturated carbocycles. The van der Waals surface area contributed by atoms with Crippen LogP contribution < -0.4 is 5.32 Å². The van der Waals surface area contributed by atoms with Crippen molar-refractivity contribution >= 4 is 11.9 Å². The Morgan fingerprint density at radius 3 is 2.76 bits per heavy atom. The summed E-state index contributed by atoms with van der Waals surface area (Å²) in [5.41, 5.74) is -0.499. The van der Waals surface area contributed by atoms with Crippen LogP contribution in [0, 0.1) is 11.8 Å². The maximum absolute atomic E-state index is 13.1. The van der Waals surface area contributed by atoms with Crippen molar-refractivity contribution < 1.29 is 14.7 Å². The summed E-state index contributed by atoms with van der Waals surface area (Å²) in [4.78, 5) is 26.5. The number of carboxylic acid groups (broad SMARTS) is 1. The fourth-order valence-electron chi connectivity index (χ4n) is 4.84. The molecule has 3 rings (SSSR count). The van der Waals surface area contributed by atoms with Crippen LogP contribution in [0.1, 0.15) is 51.9 Å². The summed E-state index contributed by atoms with van der Waals surface area (Å²) >= 11 is 0. The van der Waals surface area contributed by atoms with E-state index in [-0.39, 0.29) is 11.8 Å². The highest BCUT2D eigenvalue weighted by molar-refractivity contribution is 5.91. The lowest BCUT2D eigenvalue weighted by Gasteiger charge is -2.35. The van der Waals surface area contributed by atoms with Gasteiger partial charge in [0.25, 0.3) is 0 Å². The van der Waals surface area contributed by atoms with E-state index < -0.39 is 17.6 Å². The Labute approximate surface area is 126 Å². The van der Waals surface area contributed by atoms with Crippen LogP contribution in [0.4, 0.5) is 0 Å². The quantitative estimate of drug-likeness (QED) is 0.826. The van der Waals surface area contributed by atoms with E-state index in [1.807, 2.05) is 0 Å². The summed E-state index contributed by atoms with van der Waals surface area (Å²) in [6.45, 7) is 3.60. The molecule has 4 unspecified atom stereocenters. The van der Waals surface area contributed by atoms with Crippen molar-refractivity contribution in [3.8, 4) is 0 Å². The molecule has 2 aliphatic heterocycles. The Morgan fingerprint density at radius 1 is 1.33 bits per heavy atom. The number of hydrogen-bond donors (Lipinski definition) is 2. The summed E-state index contributed by atoms with van der Waals surface area (Å²) in [5, 5.41) is 13.0. The van der Waals surface area contributed by atoms with Crippen LogP contribution in [0.3, 0.4) is 0 Å². The molecule has 0 aromatic heterocycles. The van der Waals surface area contributed by atoms with Crippen molar-refractivity contribution in [2.24, 2.45) is 11.8 Å². The number of carbonyl (C=O) groups is 2. The number of hydrogen-bond acceptors (Lipinski definition) is 3. The van der Waals surface area contributed by atoms with E-state index in [0.29, 0.717) is 12.5 Å². The van der Waals surface area contributed by atoms with Crippen molar-refractivity contribution in [3.05, 3.63) is 0 Å². The highest BCUT2D eigenvalue weighted by Crippen LogP contribution is 2.43. The molecule has 2 N–H and O–H groups in total. The fourth-order valence-corrected chi connectivity index (χ4v) is 4.84. The number of likely N-dealkylation sites (tertiary alicyclic amines) is 1. The number of amides is 1. The monoisotopic (exact) mass is 294 g/mol. The zero-order chi connectivity index (χ0) is 15.0. The largest absolute Gasteiger partial charge is 0.480 e. The van der Waals surface area contributed by atoms with Crippen LogP contribution >= 0.6 is 0 Å². The van der Waals surface area contributed by atoms with Crippen molar-refractivity contribution in [1.29, 1.82) is 0 Å². The van der Waals surface area contributed by atoms with Crippen molar-refractivity contribution in [1.82, 2.24) is 10.2 Å². The zero-order valence-corrected chi connectivity index (χ0v) is 12.8. The summed E-state index contributed by atoms with van der Waals surface area (Å²) in [7, 11) is 0. The second-order valence-electron chi connectivity index (χ2n) is 6.96. The number of nitrogens with one attached hydrogen (secondary N) is 1. The molecule has 1 aliphatic carbocycles. The molecule has 5 heteroatoms. The first kappa shape index (κ1) is 14.8. The first-order valence-corrected chi connectivity index (χ1v) is 8.38. The minimum absolute atomic E-state index is 0.0450. The van der Waals surface area contributed by atoms with Gasteiger partial charge in [0.2, 0.25) is 5.91 Å². The number of aliphatic carboxylic acids is 1. The molecule has 0 bridgehead atoms. The third kappa shape index (κ3) is 2.35. The maximum Gasteiger partial charge on any atom is 0.326 e. The van der Waals surface area contributed by atoms with Crippen LogP contribution in [-0.4, -0.2) is 46.6 Å². The molecular formula is C16H26N2O3. The second kappa shape index (κ2) is 5.59. The van der Waals surface area contributed by atoms with Crippen LogP contribution in [0.5, 0.6) is 0 Å². The van der Waals surface area contributed by atoms with Gasteiger partial charge in [-0.25, -0.2) is 4.79 Å². The van der Waals surface area contributed by atoms with Gasteiger partial charge in [-0.15, -0.1) is 0 Å². The van der Waals surface area contributed by atoms with Gasteiger partial charge in [-0.1, -0.05) is 19.8 Å². The SMILES string of the molecule is CCCC1(C(=O)N2CC3CCCC3C2C(=O)O)CCCN1. The van der Waals surface area contributed by atoms with Crippen LogP contribution in [0.25, 0.3) is 0 Å². The van der Waals surface area contributed by atoms with E-state index in [1.165, 1.54) is 0 Å². The highest BCUT2D eigenvalue weighted by Gasteiger charge is 2.53. The molecule has 0 spiro atoms. The molecule has 21 heavy (non-hydrogen) atoms. The normalized spacial score (nSPS) is 38.7. The van der Waals surface area contributed by atoms with Crippen molar-refractivity contribution in [2.75, 3.05) is 13.1 Å². The molecule has 3 aliphatic rings. The van der Waals surface area contributed by atoms with E-state index in [9.17, 15) is 14.7 Å². The van der Waals surface area contributed by atoms with Gasteiger partial charge < -0.3 is 15.3 Å². The van der Waals surface area contributed by atoms with Gasteiger partial charge in [-0.2, -0.15) is 0 Å². The molecule has 3 fully saturated rings. The van der Waals surface area contributed by atoms with Gasteiger partial charge in [-0.05, 0) is 50.5 Å². The highest BCUT2D eigenvalue weighted by atomic mass is 16.4. The zero-order valence-electron chi connectivity index (χ0n) is 12.8. The smallest absolute Gasteiger partial charge is 0.326 e. The minimum Gasteiger partial charge on any atom is -0.480 e. The number of nitrogens with zero attached hydrogens (tertiary/aromatic N) is 1. The lowest BCUT2D eigenvalue weighted by molar-refractivity contribution is -0.152. The first-order chi connectivity index (χ1) is 10.1. The molecule has 2 saturated heterocycles. The van der Waals surface area contributed by atoms with E-state index in [0.717, 1.165) is 51.5 Å². The Morgan fingerprint density at radius 2 is 2.14 bits per heavy atom. The van der Waals surface area contributed by atoms with E-state index in [2.05, 4.69) is 12.2 Å². The number of fused-ring (bicyclic) bond motifs is 1. The average Bonchev–Trinajstić information content (AvgIpc) is 3.12. The van der Waals surface area contributed by atoms with E-state index in [4.69, 9.17) is 0 Å². The fraction of sp³-hybridized carbons (Fsp3) is 0.875. The molecule has 0 aromatic carbocycles. The third-order valence-electron chi connectivity index (χ3n) is 5.73. The Balaban J connectivity index is 1.84. The molecule has 2 heterocycles. The van der Waals surface area contributed by atoms with Crippen molar-refractivity contribution in [2.45, 2.75) is 63.5 Å². The van der Waals surface area contributed by atoms with Gasteiger partial charge in [0.1, 0.15) is 6.04 Å². The Bertz CT molecular complexity index is 431. The van der Waals surface area contributed by atoms with Gasteiger partial charge in [0, 0.05) is 6.54 Å². The second-order valence-corrected chi connectivity index (χ2v) is 6.96. The first-order valence-electron chi connectivity index (χ1n) is 8.38. The molecule has 4 atom stereocenters. The van der Waals surface area contributed by atoms with Crippen molar-refractivity contribution in [3.63, 3.8) is 0 Å². The lowest BCUT2D eigenvalue weighted by atomic mass is 9.89. The lowest BCUT2D eigenvalue weighted by Crippen LogP contribution is -2.57. The summed E-state index contributed by atoms with van der Waals surface area (Å²) in [6, 6.07) is -0.596. The number of rotatable bonds is 4. The average molecular weight is 294 g/mol. The molecule has 1 amide bonds. The maximum atomic E-state index is 13.1. The Hall–Kier alpha value is -1.10. The third-order valence-corrected chi connectivity index (χ3v) is 5.73. The van der Waals surface area contributed by atoms with Gasteiger partial charge in [-0.3, -0.25) is 4.79 Å². The van der Waals surface area contributed by atoms with Gasteiger partial charge in [0.15, 0.2) is 0 Å². The topological polar surface area (TPSA) is 69.6 Å². The molecule has 118 valence electrons. The summed E-state index contributed by atoms with van der Waals surface area (Å²) in [5.74, 6) is -0.201. The Kier molecular flexibility index (Phi) is 3.95. The molecule has 0 aromatic rings. The van der Waals surface area contributed by atoms with Crippen LogP contribution in [0.15, 0.2) is 0 Å². The standard InChI is InChI=1S/C16H26N2O3/c1-2-7-16(8-4-9-17-16)15(21)18-10-11-5-3-6-12(11)13(18)14(19)20/h11-13,17H,2-10H2,1H3,(H,19,20). The van der Waals surface area contributed by atoms with E-state index >= 15 is 0 Å². The van der Waals surface area contributed by atoms with E-state index in [1.54, 1.807) is 4.90 Å². The van der Waals surface area contributed by atoms with Crippen LogP contribution in [0.2, 0.25) is 0 Å². The van der Waals surface area contributed by atoms with Crippen LogP contribution in [-0.2, 0) is 9.59 Å². The minimum atomic E-state index is -0.817. The predicted molar refractivity (Wildman–Crippen MR) is 78.8 cm³/mol. The molecule has 5 nitrogen and oxygen atoms in total. The summed E-state index contributed by atoms with van der Waals surface area (Å²) in [6.07, 6.45) is 6.74. The van der Waals surface area contributed by atoms with Gasteiger partial charge in [0.05, 0.1) is 5.54 Å². The van der Waals surface area contributed by atoms with Gasteiger partial charge >= 0.3 is 5.97 Å². The molecular weight excluding hydrogens is 268 g/mol. The predicted octanol–water partition coefficient (Wildman–Crippen LogP) is 1.62. The molecule has 0 radical (unpaired) electrons. The number of carboxylic acids is 1. The number of carbonyl (C=O) groups excluding carboxylic acids is 1.